The molecule has 0 amide bonds. The van der Waals surface area contributed by atoms with Crippen LogP contribution in [0.15, 0.2) is 108 Å². The number of aromatic nitrogens is 2. The largest absolute Gasteiger partial charge is 0.447 e. The predicted octanol–water partition coefficient (Wildman–Crippen LogP) is 14.6. The number of hydrogen-bond donors (Lipinski definition) is 0. The van der Waals surface area contributed by atoms with Gasteiger partial charge >= 0.3 is 0 Å². The van der Waals surface area contributed by atoms with Crippen molar-refractivity contribution in [1.82, 2.24) is 8.97 Å². The van der Waals surface area contributed by atoms with Gasteiger partial charge in [0.2, 0.25) is 5.71 Å². The third-order valence-electron chi connectivity index (χ3n) is 15.3. The lowest BCUT2D eigenvalue weighted by molar-refractivity contribution is 0.590. The monoisotopic (exact) mass is 851 g/mol. The summed E-state index contributed by atoms with van der Waals surface area (Å²) in [7, 11) is 0. The van der Waals surface area contributed by atoms with Crippen molar-refractivity contribution in [1.29, 1.82) is 0 Å². The highest BCUT2D eigenvalue weighted by Crippen LogP contribution is 2.53. The van der Waals surface area contributed by atoms with E-state index in [0.717, 1.165) is 11.1 Å². The molecule has 0 atom stereocenters. The summed E-state index contributed by atoms with van der Waals surface area (Å²) < 4.78 is 11.8. The molecule has 2 aliphatic heterocycles. The summed E-state index contributed by atoms with van der Waals surface area (Å²) in [5, 5.41) is 7.64. The molecule has 0 spiro atoms. The van der Waals surface area contributed by atoms with Gasteiger partial charge in [0.05, 0.1) is 39.6 Å². The minimum Gasteiger partial charge on any atom is -0.447 e. The van der Waals surface area contributed by atoms with Crippen LogP contribution < -0.4 is 21.3 Å². The number of benzene rings is 6. The van der Waals surface area contributed by atoms with Gasteiger partial charge < -0.3 is 13.9 Å². The number of fused-ring (bicyclic) bond motifs is 15. The molecule has 65 heavy (non-hydrogen) atoms. The lowest BCUT2D eigenvalue weighted by atomic mass is 9.33. The Bertz CT molecular complexity index is 3670. The topological polar surface area (TPSA) is 25.7 Å². The zero-order valence-electron chi connectivity index (χ0n) is 41.1. The highest BCUT2D eigenvalue weighted by atomic mass is 16.3. The first kappa shape index (κ1) is 40.6. The van der Waals surface area contributed by atoms with Crippen LogP contribution >= 0.6 is 0 Å². The van der Waals surface area contributed by atoms with Crippen LogP contribution in [0.25, 0.3) is 65.8 Å². The van der Waals surface area contributed by atoms with Gasteiger partial charge in [0.25, 0.3) is 6.71 Å². The fourth-order valence-corrected chi connectivity index (χ4v) is 11.6. The average Bonchev–Trinajstić information content (AvgIpc) is 3.98. The van der Waals surface area contributed by atoms with Gasteiger partial charge in [-0.15, -0.1) is 0 Å². The number of anilines is 3. The maximum Gasteiger partial charge on any atom is 0.252 e. The van der Waals surface area contributed by atoms with Crippen molar-refractivity contribution in [3.8, 4) is 5.69 Å². The Morgan fingerprint density at radius 1 is 0.431 bits per heavy atom. The molecule has 2 aliphatic rings. The summed E-state index contributed by atoms with van der Waals surface area (Å²) in [6, 6.07) is 38.7. The van der Waals surface area contributed by atoms with Crippen molar-refractivity contribution >= 4 is 100 Å². The van der Waals surface area contributed by atoms with Crippen molar-refractivity contribution in [2.45, 2.75) is 131 Å². The van der Waals surface area contributed by atoms with Gasteiger partial charge in [0, 0.05) is 43.8 Å². The van der Waals surface area contributed by atoms with Crippen LogP contribution in [0.2, 0.25) is 0 Å². The fourth-order valence-electron chi connectivity index (χ4n) is 11.6. The molecule has 0 N–H and O–H groups in total. The molecule has 5 heteroatoms. The molecule has 4 nitrogen and oxygen atoms in total. The Kier molecular flexibility index (Phi) is 7.79. The molecule has 0 bridgehead atoms. The highest BCUT2D eigenvalue weighted by molar-refractivity contribution is 7.01. The molecule has 0 fully saturated rings. The van der Waals surface area contributed by atoms with E-state index in [2.05, 4.69) is 215 Å². The summed E-state index contributed by atoms with van der Waals surface area (Å²) in [5.41, 5.74) is 21.6. The quantitative estimate of drug-likeness (QED) is 0.154. The molecule has 6 heterocycles. The van der Waals surface area contributed by atoms with Crippen LogP contribution in [0.1, 0.15) is 132 Å². The molecular formula is C60H62BN3O. The molecule has 326 valence electrons. The lowest BCUT2D eigenvalue weighted by Crippen LogP contribution is -2.61. The molecule has 0 saturated carbocycles. The van der Waals surface area contributed by atoms with Crippen molar-refractivity contribution in [2.75, 3.05) is 4.90 Å². The first-order valence-electron chi connectivity index (χ1n) is 23.9. The van der Waals surface area contributed by atoms with Crippen LogP contribution in [0.5, 0.6) is 0 Å². The molecule has 0 saturated heterocycles. The van der Waals surface area contributed by atoms with Gasteiger partial charge in [-0.05, 0) is 126 Å². The van der Waals surface area contributed by atoms with Gasteiger partial charge in [0.1, 0.15) is 0 Å². The molecule has 12 rings (SSSR count). The summed E-state index contributed by atoms with van der Waals surface area (Å²) >= 11 is 0. The fraction of sp³-hybridized carbons (Fsp3) is 0.333. The van der Waals surface area contributed by atoms with E-state index in [9.17, 15) is 0 Å². The Labute approximate surface area is 384 Å². The Morgan fingerprint density at radius 2 is 0.954 bits per heavy atom. The number of hydrogen-bond acceptors (Lipinski definition) is 2. The molecule has 0 radical (unpaired) electrons. The van der Waals surface area contributed by atoms with Gasteiger partial charge in [0.15, 0.2) is 0 Å². The van der Waals surface area contributed by atoms with Gasteiger partial charge in [-0.2, -0.15) is 0 Å². The first-order chi connectivity index (χ1) is 30.4. The standard InChI is InChI=1S/C60H62BN3O/c1-56(2,3)33-16-21-38(22-17-33)62-47-25-20-36(59(10,11)12)31-43(47)61-44-32-37(60(13,14)15)30-41-40-28-34(57(4,5)6)18-23-45(40)63(51(41)44)54-48-39-26-27-65-55(39)64-46-24-19-35(58(7,8)9)29-42(46)49(52(48)64)53(62)50(54)61/h16-32H,1-15H3. The van der Waals surface area contributed by atoms with E-state index in [1.165, 1.54) is 116 Å². The summed E-state index contributed by atoms with van der Waals surface area (Å²) in [6.07, 6.45) is 1.90. The minimum atomic E-state index is -0.0735. The van der Waals surface area contributed by atoms with Crippen molar-refractivity contribution in [3.05, 3.63) is 131 Å². The maximum absolute atomic E-state index is 6.65. The maximum atomic E-state index is 6.65. The van der Waals surface area contributed by atoms with E-state index in [4.69, 9.17) is 4.42 Å². The van der Waals surface area contributed by atoms with Crippen LogP contribution in [0.4, 0.5) is 17.1 Å². The van der Waals surface area contributed by atoms with E-state index >= 15 is 0 Å². The van der Waals surface area contributed by atoms with Gasteiger partial charge in [-0.1, -0.05) is 146 Å². The Hall–Kier alpha value is -5.94. The molecule has 0 unspecified atom stereocenters. The van der Waals surface area contributed by atoms with Crippen molar-refractivity contribution in [2.24, 2.45) is 0 Å². The summed E-state index contributed by atoms with van der Waals surface area (Å²) in [4.78, 5) is 2.65. The normalized spacial score (nSPS) is 14.6. The molecule has 6 aromatic carbocycles. The van der Waals surface area contributed by atoms with Crippen LogP contribution in [0, 0.1) is 0 Å². The highest BCUT2D eigenvalue weighted by Gasteiger charge is 2.46. The second kappa shape index (κ2) is 12.5. The van der Waals surface area contributed by atoms with Crippen LogP contribution in [-0.4, -0.2) is 15.7 Å². The minimum absolute atomic E-state index is 0.00604. The Balaban J connectivity index is 1.38. The number of furan rings is 1. The predicted molar refractivity (Wildman–Crippen MR) is 281 cm³/mol. The summed E-state index contributed by atoms with van der Waals surface area (Å²) in [6.45, 7) is 35.1. The SMILES string of the molecule is CC(C)(C)c1ccc(N2c3ccc(C(C)(C)C)cc3B3c4c2c2c5cc(C(C)(C)C)ccc5n5c6occc6c(c4-n4c6ccc(C(C)(C)C)cc6c6cc(C(C)(C)C)cc3c64)c25)cc1. The zero-order valence-corrected chi connectivity index (χ0v) is 41.1. The summed E-state index contributed by atoms with van der Waals surface area (Å²) in [5.74, 6) is 0. The second-order valence-corrected chi connectivity index (χ2v) is 24.8. The van der Waals surface area contributed by atoms with Crippen LogP contribution in [0.3, 0.4) is 0 Å². The first-order valence-corrected chi connectivity index (χ1v) is 23.9. The van der Waals surface area contributed by atoms with E-state index in [0.29, 0.717) is 0 Å². The smallest absolute Gasteiger partial charge is 0.252 e. The molecule has 4 aromatic heterocycles. The number of rotatable bonds is 1. The third-order valence-corrected chi connectivity index (χ3v) is 15.3. The van der Waals surface area contributed by atoms with Crippen LogP contribution in [-0.2, 0) is 27.1 Å². The lowest BCUT2D eigenvalue weighted by Gasteiger charge is -2.42. The van der Waals surface area contributed by atoms with Crippen molar-refractivity contribution < 1.29 is 4.42 Å². The second-order valence-electron chi connectivity index (χ2n) is 24.8. The van der Waals surface area contributed by atoms with Gasteiger partial charge in [-0.25, -0.2) is 0 Å². The molecule has 10 aromatic rings. The van der Waals surface area contributed by atoms with E-state index < -0.39 is 0 Å². The molecule has 0 aliphatic carbocycles. The van der Waals surface area contributed by atoms with E-state index in [-0.39, 0.29) is 33.8 Å². The van der Waals surface area contributed by atoms with Gasteiger partial charge in [-0.3, -0.25) is 4.40 Å². The average molecular weight is 852 g/mol. The van der Waals surface area contributed by atoms with Crippen molar-refractivity contribution in [3.63, 3.8) is 0 Å². The number of nitrogens with zero attached hydrogens (tertiary/aromatic N) is 3. The van der Waals surface area contributed by atoms with E-state index in [1.54, 1.807) is 0 Å². The Morgan fingerprint density at radius 3 is 1.58 bits per heavy atom. The molecular weight excluding hydrogens is 789 g/mol. The van der Waals surface area contributed by atoms with E-state index in [1.807, 2.05) is 6.26 Å². The third kappa shape index (κ3) is 5.45. The zero-order chi connectivity index (χ0) is 45.8.